The zero-order valence-corrected chi connectivity index (χ0v) is 16.4. The van der Waals surface area contributed by atoms with E-state index in [2.05, 4.69) is 15.3 Å². The highest BCUT2D eigenvalue weighted by Gasteiger charge is 2.12. The molecular formula is C23H22N4O2. The zero-order valence-electron chi connectivity index (χ0n) is 16.4. The van der Waals surface area contributed by atoms with Gasteiger partial charge in [0, 0.05) is 30.4 Å². The van der Waals surface area contributed by atoms with Crippen LogP contribution in [0.5, 0.6) is 5.75 Å². The van der Waals surface area contributed by atoms with Gasteiger partial charge >= 0.3 is 0 Å². The summed E-state index contributed by atoms with van der Waals surface area (Å²) >= 11 is 0. The van der Waals surface area contributed by atoms with E-state index < -0.39 is 0 Å². The summed E-state index contributed by atoms with van der Waals surface area (Å²) < 4.78 is 7.81. The number of rotatable bonds is 6. The first-order valence-corrected chi connectivity index (χ1v) is 9.46. The molecule has 3 heterocycles. The third-order valence-corrected chi connectivity index (χ3v) is 4.68. The number of amides is 1. The first kappa shape index (κ1) is 18.7. The van der Waals surface area contributed by atoms with Crippen molar-refractivity contribution in [3.8, 4) is 5.75 Å². The molecule has 0 fully saturated rings. The quantitative estimate of drug-likeness (QED) is 0.541. The van der Waals surface area contributed by atoms with Gasteiger partial charge in [0.05, 0.1) is 11.7 Å². The summed E-state index contributed by atoms with van der Waals surface area (Å²) in [6.07, 6.45) is 7.46. The number of fused-ring (bicyclic) bond motifs is 1. The van der Waals surface area contributed by atoms with Crippen LogP contribution in [-0.2, 0) is 6.61 Å². The van der Waals surface area contributed by atoms with Crippen molar-refractivity contribution in [2.45, 2.75) is 26.5 Å². The number of pyridine rings is 2. The van der Waals surface area contributed by atoms with Gasteiger partial charge in [0.15, 0.2) is 0 Å². The van der Waals surface area contributed by atoms with E-state index >= 15 is 0 Å². The molecular weight excluding hydrogens is 364 g/mol. The van der Waals surface area contributed by atoms with Crippen LogP contribution in [-0.4, -0.2) is 20.3 Å². The summed E-state index contributed by atoms with van der Waals surface area (Å²) in [7, 11) is 0. The molecule has 0 bridgehead atoms. The summed E-state index contributed by atoms with van der Waals surface area (Å²) in [5, 5.41) is 2.98. The molecule has 1 unspecified atom stereocenters. The number of aromatic nitrogens is 3. The zero-order chi connectivity index (χ0) is 20.2. The SMILES string of the molecule is Cc1ccc2nc(COc3ccc(C(=O)NC(C)c4cccnc4)cc3)cn2c1. The van der Waals surface area contributed by atoms with E-state index in [1.54, 1.807) is 36.7 Å². The number of carbonyl (C=O) groups excluding carboxylic acids is 1. The van der Waals surface area contributed by atoms with Crippen molar-refractivity contribution in [2.75, 3.05) is 0 Å². The van der Waals surface area contributed by atoms with Crippen molar-refractivity contribution >= 4 is 11.6 Å². The maximum atomic E-state index is 12.5. The third-order valence-electron chi connectivity index (χ3n) is 4.68. The Morgan fingerprint density at radius 2 is 1.97 bits per heavy atom. The second-order valence-corrected chi connectivity index (χ2v) is 7.00. The molecule has 146 valence electrons. The number of carbonyl (C=O) groups is 1. The lowest BCUT2D eigenvalue weighted by atomic mass is 10.1. The minimum atomic E-state index is -0.136. The fraction of sp³-hybridized carbons (Fsp3) is 0.174. The van der Waals surface area contributed by atoms with Gasteiger partial charge in [-0.25, -0.2) is 4.98 Å². The summed E-state index contributed by atoms with van der Waals surface area (Å²) in [6.45, 7) is 4.35. The van der Waals surface area contributed by atoms with Crippen LogP contribution in [0.4, 0.5) is 0 Å². The van der Waals surface area contributed by atoms with Crippen molar-refractivity contribution in [1.82, 2.24) is 19.7 Å². The molecule has 0 saturated heterocycles. The van der Waals surface area contributed by atoms with Crippen LogP contribution in [0, 0.1) is 6.92 Å². The average molecular weight is 386 g/mol. The molecule has 4 aromatic rings. The van der Waals surface area contributed by atoms with Crippen LogP contribution in [0.25, 0.3) is 5.65 Å². The molecule has 1 amide bonds. The van der Waals surface area contributed by atoms with Crippen molar-refractivity contribution in [3.63, 3.8) is 0 Å². The number of nitrogens with zero attached hydrogens (tertiary/aromatic N) is 3. The van der Waals surface area contributed by atoms with E-state index in [-0.39, 0.29) is 11.9 Å². The fourth-order valence-electron chi connectivity index (χ4n) is 3.08. The monoisotopic (exact) mass is 386 g/mol. The number of hydrogen-bond acceptors (Lipinski definition) is 4. The van der Waals surface area contributed by atoms with Crippen molar-refractivity contribution < 1.29 is 9.53 Å². The summed E-state index contributed by atoms with van der Waals surface area (Å²) in [4.78, 5) is 21.1. The summed E-state index contributed by atoms with van der Waals surface area (Å²) in [5.74, 6) is 0.554. The minimum absolute atomic E-state index is 0.120. The minimum Gasteiger partial charge on any atom is -0.487 e. The van der Waals surface area contributed by atoms with E-state index in [9.17, 15) is 4.79 Å². The lowest BCUT2D eigenvalue weighted by Gasteiger charge is -2.14. The van der Waals surface area contributed by atoms with Gasteiger partial charge in [0.25, 0.3) is 5.91 Å². The van der Waals surface area contributed by atoms with Crippen molar-refractivity contribution in [2.24, 2.45) is 0 Å². The van der Waals surface area contributed by atoms with Gasteiger partial charge in [0.1, 0.15) is 18.0 Å². The highest BCUT2D eigenvalue weighted by molar-refractivity contribution is 5.94. The van der Waals surface area contributed by atoms with E-state index in [1.165, 1.54) is 5.56 Å². The standard InChI is InChI=1S/C23H22N4O2/c1-16-5-10-22-26-20(14-27(22)13-16)15-29-21-8-6-18(7-9-21)23(28)25-17(2)19-4-3-11-24-12-19/h3-14,17H,15H2,1-2H3,(H,25,28). The molecule has 0 saturated carbocycles. The van der Waals surface area contributed by atoms with Crippen LogP contribution in [0.15, 0.2) is 73.3 Å². The van der Waals surface area contributed by atoms with Crippen molar-refractivity contribution in [1.29, 1.82) is 0 Å². The van der Waals surface area contributed by atoms with Gasteiger partial charge in [-0.15, -0.1) is 0 Å². The Labute approximate surface area is 169 Å². The largest absolute Gasteiger partial charge is 0.487 e. The van der Waals surface area contributed by atoms with Crippen LogP contribution in [0.1, 0.15) is 40.1 Å². The van der Waals surface area contributed by atoms with E-state index in [4.69, 9.17) is 4.74 Å². The molecule has 1 N–H and O–H groups in total. The number of ether oxygens (including phenoxy) is 1. The predicted molar refractivity (Wildman–Crippen MR) is 111 cm³/mol. The normalized spacial score (nSPS) is 11.9. The van der Waals surface area contributed by atoms with Crippen LogP contribution < -0.4 is 10.1 Å². The maximum Gasteiger partial charge on any atom is 0.251 e. The first-order chi connectivity index (χ1) is 14.1. The molecule has 4 rings (SSSR count). The maximum absolute atomic E-state index is 12.5. The van der Waals surface area contributed by atoms with Gasteiger partial charge in [-0.3, -0.25) is 9.78 Å². The third kappa shape index (κ3) is 4.43. The Kier molecular flexibility index (Phi) is 5.24. The lowest BCUT2D eigenvalue weighted by Crippen LogP contribution is -2.26. The van der Waals surface area contributed by atoms with Crippen LogP contribution >= 0.6 is 0 Å². The lowest BCUT2D eigenvalue weighted by molar-refractivity contribution is 0.0940. The Morgan fingerprint density at radius 1 is 1.14 bits per heavy atom. The number of aryl methyl sites for hydroxylation is 1. The summed E-state index contributed by atoms with van der Waals surface area (Å²) in [5.41, 5.74) is 4.46. The molecule has 0 aliphatic rings. The van der Waals surface area contributed by atoms with Gasteiger partial charge in [-0.05, 0) is 61.4 Å². The van der Waals surface area contributed by atoms with E-state index in [1.807, 2.05) is 54.9 Å². The molecule has 0 radical (unpaired) electrons. The molecule has 3 aromatic heterocycles. The Balaban J connectivity index is 1.36. The average Bonchev–Trinajstić information content (AvgIpc) is 3.15. The Bertz CT molecular complexity index is 1120. The molecule has 0 aliphatic carbocycles. The molecule has 1 atom stereocenters. The van der Waals surface area contributed by atoms with Gasteiger partial charge in [-0.2, -0.15) is 0 Å². The molecule has 0 aliphatic heterocycles. The topological polar surface area (TPSA) is 68.5 Å². The van der Waals surface area contributed by atoms with Gasteiger partial charge in [0.2, 0.25) is 0 Å². The molecule has 1 aromatic carbocycles. The predicted octanol–water partition coefficient (Wildman–Crippen LogP) is 4.11. The fourth-order valence-corrected chi connectivity index (χ4v) is 3.08. The van der Waals surface area contributed by atoms with Crippen LogP contribution in [0.2, 0.25) is 0 Å². The molecule has 6 heteroatoms. The first-order valence-electron chi connectivity index (χ1n) is 9.46. The summed E-state index contributed by atoms with van der Waals surface area (Å²) in [6, 6.07) is 14.8. The Hall–Kier alpha value is -3.67. The highest BCUT2D eigenvalue weighted by Crippen LogP contribution is 2.16. The van der Waals surface area contributed by atoms with E-state index in [0.29, 0.717) is 17.9 Å². The van der Waals surface area contributed by atoms with Gasteiger partial charge < -0.3 is 14.5 Å². The number of imidazole rings is 1. The molecule has 6 nitrogen and oxygen atoms in total. The molecule has 0 spiro atoms. The smallest absolute Gasteiger partial charge is 0.251 e. The van der Waals surface area contributed by atoms with Crippen LogP contribution in [0.3, 0.4) is 0 Å². The second-order valence-electron chi connectivity index (χ2n) is 7.00. The Morgan fingerprint density at radius 3 is 2.72 bits per heavy atom. The molecule has 29 heavy (non-hydrogen) atoms. The number of benzene rings is 1. The number of nitrogens with one attached hydrogen (secondary N) is 1. The number of hydrogen-bond donors (Lipinski definition) is 1. The van der Waals surface area contributed by atoms with Gasteiger partial charge in [-0.1, -0.05) is 12.1 Å². The van der Waals surface area contributed by atoms with E-state index in [0.717, 1.165) is 16.9 Å². The highest BCUT2D eigenvalue weighted by atomic mass is 16.5. The second kappa shape index (κ2) is 8.14. The van der Waals surface area contributed by atoms with Crippen molar-refractivity contribution in [3.05, 3.63) is 95.7 Å².